The van der Waals surface area contributed by atoms with Gasteiger partial charge in [0.25, 0.3) is 5.91 Å². The average molecular weight is 319 g/mol. The molecular formula is C15H15BrN2O. The zero-order valence-corrected chi connectivity index (χ0v) is 12.1. The molecule has 0 bridgehead atoms. The molecule has 1 aromatic heterocycles. The van der Waals surface area contributed by atoms with E-state index in [2.05, 4.69) is 38.4 Å². The Morgan fingerprint density at radius 2 is 1.95 bits per heavy atom. The van der Waals surface area contributed by atoms with Crippen molar-refractivity contribution < 1.29 is 4.79 Å². The summed E-state index contributed by atoms with van der Waals surface area (Å²) in [5, 5.41) is 2.88. The summed E-state index contributed by atoms with van der Waals surface area (Å²) in [5.74, 6) is -0.138. The molecule has 1 heterocycles. The maximum Gasteiger partial charge on any atom is 0.271 e. The third kappa shape index (κ3) is 4.17. The van der Waals surface area contributed by atoms with Crippen LogP contribution < -0.4 is 5.32 Å². The summed E-state index contributed by atoms with van der Waals surface area (Å²) in [4.78, 5) is 15.9. The number of hydrogen-bond acceptors (Lipinski definition) is 2. The van der Waals surface area contributed by atoms with Gasteiger partial charge in [0.05, 0.1) is 0 Å². The minimum atomic E-state index is -0.138. The Labute approximate surface area is 121 Å². The number of carbonyl (C=O) groups is 1. The summed E-state index contributed by atoms with van der Waals surface area (Å²) < 4.78 is 0.718. The van der Waals surface area contributed by atoms with E-state index in [0.29, 0.717) is 12.2 Å². The molecule has 3 nitrogen and oxygen atoms in total. The minimum Gasteiger partial charge on any atom is -0.351 e. The number of halogens is 1. The normalized spacial score (nSPS) is 10.2. The standard InChI is InChI=1S/C15H15BrN2O/c16-13-9-5-10-17-14(13)15(19)18-11-4-8-12-6-2-1-3-7-12/h1-3,5-7,9-10H,4,8,11H2,(H,18,19). The number of carbonyl (C=O) groups excluding carboxylic acids is 1. The predicted molar refractivity (Wildman–Crippen MR) is 79.0 cm³/mol. The quantitative estimate of drug-likeness (QED) is 0.860. The molecule has 98 valence electrons. The fraction of sp³-hybridized carbons (Fsp3) is 0.200. The number of aryl methyl sites for hydroxylation is 1. The van der Waals surface area contributed by atoms with E-state index in [4.69, 9.17) is 0 Å². The molecule has 2 rings (SSSR count). The van der Waals surface area contributed by atoms with E-state index in [0.717, 1.165) is 17.3 Å². The molecule has 0 fully saturated rings. The van der Waals surface area contributed by atoms with Gasteiger partial charge in [-0.1, -0.05) is 30.3 Å². The van der Waals surface area contributed by atoms with Crippen molar-refractivity contribution >= 4 is 21.8 Å². The van der Waals surface area contributed by atoms with E-state index in [9.17, 15) is 4.79 Å². The van der Waals surface area contributed by atoms with Crippen molar-refractivity contribution in [2.24, 2.45) is 0 Å². The van der Waals surface area contributed by atoms with Crippen LogP contribution in [0.2, 0.25) is 0 Å². The Hall–Kier alpha value is -1.68. The van der Waals surface area contributed by atoms with Crippen LogP contribution in [0.5, 0.6) is 0 Å². The molecule has 0 aliphatic rings. The lowest BCUT2D eigenvalue weighted by Gasteiger charge is -2.06. The van der Waals surface area contributed by atoms with Crippen molar-refractivity contribution in [1.82, 2.24) is 10.3 Å². The van der Waals surface area contributed by atoms with Gasteiger partial charge >= 0.3 is 0 Å². The van der Waals surface area contributed by atoms with Gasteiger partial charge in [-0.25, -0.2) is 4.98 Å². The molecule has 0 atom stereocenters. The van der Waals surface area contributed by atoms with Gasteiger partial charge in [-0.15, -0.1) is 0 Å². The second kappa shape index (κ2) is 7.04. The van der Waals surface area contributed by atoms with E-state index in [1.165, 1.54) is 5.56 Å². The highest BCUT2D eigenvalue weighted by atomic mass is 79.9. The minimum absolute atomic E-state index is 0.138. The molecular weight excluding hydrogens is 304 g/mol. The van der Waals surface area contributed by atoms with Crippen LogP contribution in [0.15, 0.2) is 53.1 Å². The molecule has 4 heteroatoms. The molecule has 0 aliphatic heterocycles. The summed E-state index contributed by atoms with van der Waals surface area (Å²) in [7, 11) is 0. The van der Waals surface area contributed by atoms with Gasteiger partial charge in [0.1, 0.15) is 5.69 Å². The third-order valence-electron chi connectivity index (χ3n) is 2.74. The first-order valence-corrected chi connectivity index (χ1v) is 6.99. The topological polar surface area (TPSA) is 42.0 Å². The lowest BCUT2D eigenvalue weighted by Crippen LogP contribution is -2.26. The van der Waals surface area contributed by atoms with Gasteiger partial charge in [-0.05, 0) is 46.5 Å². The van der Waals surface area contributed by atoms with Gasteiger partial charge in [0.2, 0.25) is 0 Å². The lowest BCUT2D eigenvalue weighted by molar-refractivity contribution is 0.0947. The maximum absolute atomic E-state index is 11.9. The van der Waals surface area contributed by atoms with E-state index in [-0.39, 0.29) is 5.91 Å². The number of nitrogens with one attached hydrogen (secondary N) is 1. The highest BCUT2D eigenvalue weighted by Gasteiger charge is 2.09. The highest BCUT2D eigenvalue weighted by molar-refractivity contribution is 9.10. The Morgan fingerprint density at radius 1 is 1.16 bits per heavy atom. The maximum atomic E-state index is 11.9. The molecule has 0 aliphatic carbocycles. The van der Waals surface area contributed by atoms with Gasteiger partial charge in [0, 0.05) is 17.2 Å². The molecule has 0 saturated heterocycles. The van der Waals surface area contributed by atoms with E-state index < -0.39 is 0 Å². The molecule has 0 radical (unpaired) electrons. The Bertz CT molecular complexity index is 543. The zero-order valence-electron chi connectivity index (χ0n) is 10.5. The van der Waals surface area contributed by atoms with Crippen LogP contribution in [-0.4, -0.2) is 17.4 Å². The Kier molecular flexibility index (Phi) is 5.10. The van der Waals surface area contributed by atoms with E-state index in [1.807, 2.05) is 24.3 Å². The van der Waals surface area contributed by atoms with E-state index in [1.54, 1.807) is 12.3 Å². The Morgan fingerprint density at radius 3 is 2.68 bits per heavy atom. The summed E-state index contributed by atoms with van der Waals surface area (Å²) in [5.41, 5.74) is 1.72. The molecule has 1 N–H and O–H groups in total. The number of nitrogens with zero attached hydrogens (tertiary/aromatic N) is 1. The number of pyridine rings is 1. The molecule has 1 aromatic carbocycles. The predicted octanol–water partition coefficient (Wildman–Crippen LogP) is 3.21. The SMILES string of the molecule is O=C(NCCCc1ccccc1)c1ncccc1Br. The summed E-state index contributed by atoms with van der Waals surface area (Å²) in [6.45, 7) is 0.650. The zero-order chi connectivity index (χ0) is 13.5. The molecule has 1 amide bonds. The molecule has 0 unspecified atom stereocenters. The van der Waals surface area contributed by atoms with Gasteiger partial charge in [-0.3, -0.25) is 4.79 Å². The first kappa shape index (κ1) is 13.7. The number of rotatable bonds is 5. The Balaban J connectivity index is 1.77. The van der Waals surface area contributed by atoms with Gasteiger partial charge in [0.15, 0.2) is 0 Å². The smallest absolute Gasteiger partial charge is 0.271 e. The van der Waals surface area contributed by atoms with Crippen LogP contribution in [0.1, 0.15) is 22.5 Å². The number of benzene rings is 1. The summed E-state index contributed by atoms with van der Waals surface area (Å²) >= 11 is 3.32. The molecule has 0 spiro atoms. The second-order valence-corrected chi connectivity index (χ2v) is 5.03. The summed E-state index contributed by atoms with van der Waals surface area (Å²) in [6.07, 6.45) is 3.49. The summed E-state index contributed by atoms with van der Waals surface area (Å²) in [6, 6.07) is 13.8. The second-order valence-electron chi connectivity index (χ2n) is 4.18. The fourth-order valence-corrected chi connectivity index (χ4v) is 2.21. The van der Waals surface area contributed by atoms with Crippen LogP contribution >= 0.6 is 15.9 Å². The van der Waals surface area contributed by atoms with Crippen molar-refractivity contribution in [2.45, 2.75) is 12.8 Å². The third-order valence-corrected chi connectivity index (χ3v) is 3.38. The van der Waals surface area contributed by atoms with Crippen LogP contribution in [0.25, 0.3) is 0 Å². The van der Waals surface area contributed by atoms with Gasteiger partial charge in [-0.2, -0.15) is 0 Å². The lowest BCUT2D eigenvalue weighted by atomic mass is 10.1. The van der Waals surface area contributed by atoms with Crippen molar-refractivity contribution in [1.29, 1.82) is 0 Å². The van der Waals surface area contributed by atoms with Crippen LogP contribution in [0.3, 0.4) is 0 Å². The molecule has 19 heavy (non-hydrogen) atoms. The van der Waals surface area contributed by atoms with Crippen molar-refractivity contribution in [3.63, 3.8) is 0 Å². The first-order chi connectivity index (χ1) is 9.27. The first-order valence-electron chi connectivity index (χ1n) is 6.20. The van der Waals surface area contributed by atoms with Gasteiger partial charge < -0.3 is 5.32 Å². The van der Waals surface area contributed by atoms with Crippen LogP contribution in [0, 0.1) is 0 Å². The number of amides is 1. The monoisotopic (exact) mass is 318 g/mol. The van der Waals surface area contributed by atoms with Crippen LogP contribution in [0.4, 0.5) is 0 Å². The average Bonchev–Trinajstić information content (AvgIpc) is 2.45. The van der Waals surface area contributed by atoms with Crippen LogP contribution in [-0.2, 0) is 6.42 Å². The fourth-order valence-electron chi connectivity index (χ4n) is 1.78. The van der Waals surface area contributed by atoms with Crippen molar-refractivity contribution in [2.75, 3.05) is 6.54 Å². The molecule has 2 aromatic rings. The largest absolute Gasteiger partial charge is 0.351 e. The highest BCUT2D eigenvalue weighted by Crippen LogP contribution is 2.12. The molecule has 0 saturated carbocycles. The number of hydrogen-bond donors (Lipinski definition) is 1. The van der Waals surface area contributed by atoms with Crippen molar-refractivity contribution in [3.05, 3.63) is 64.4 Å². The number of aromatic nitrogens is 1. The van der Waals surface area contributed by atoms with Crippen molar-refractivity contribution in [3.8, 4) is 0 Å². The van der Waals surface area contributed by atoms with E-state index >= 15 is 0 Å².